The second kappa shape index (κ2) is 11.2. The van der Waals surface area contributed by atoms with E-state index < -0.39 is 0 Å². The Labute approximate surface area is 189 Å². The Bertz CT molecular complexity index is 865. The minimum Gasteiger partial charge on any atom is -0.497 e. The Kier molecular flexibility index (Phi) is 8.37. The van der Waals surface area contributed by atoms with E-state index in [1.165, 1.54) is 0 Å². The Morgan fingerprint density at radius 2 is 2.00 bits per heavy atom. The van der Waals surface area contributed by atoms with Gasteiger partial charge in [0.25, 0.3) is 0 Å². The molecule has 31 heavy (non-hydrogen) atoms. The summed E-state index contributed by atoms with van der Waals surface area (Å²) in [5.74, 6) is 2.49. The van der Waals surface area contributed by atoms with Gasteiger partial charge in [-0.3, -0.25) is 4.99 Å². The number of anilines is 1. The second-order valence-corrected chi connectivity index (χ2v) is 8.15. The van der Waals surface area contributed by atoms with Crippen molar-refractivity contribution in [1.29, 1.82) is 0 Å². The molecule has 1 aliphatic heterocycles. The maximum Gasteiger partial charge on any atom is 0.191 e. The fraction of sp³-hybridized carbons (Fsp3) is 0.478. The second-order valence-electron chi connectivity index (χ2n) is 7.75. The zero-order valence-corrected chi connectivity index (χ0v) is 19.4. The molecule has 2 aromatic rings. The molecule has 0 amide bonds. The molecular formula is C23H32ClN5O2. The summed E-state index contributed by atoms with van der Waals surface area (Å²) in [6.07, 6.45) is 3.14. The van der Waals surface area contributed by atoms with E-state index >= 15 is 0 Å². The van der Waals surface area contributed by atoms with Crippen LogP contribution in [-0.4, -0.2) is 56.9 Å². The Morgan fingerprint density at radius 3 is 2.61 bits per heavy atom. The van der Waals surface area contributed by atoms with Gasteiger partial charge in [-0.1, -0.05) is 23.7 Å². The molecular weight excluding hydrogens is 414 g/mol. The van der Waals surface area contributed by atoms with E-state index in [9.17, 15) is 0 Å². The molecule has 7 nitrogen and oxygen atoms in total. The summed E-state index contributed by atoms with van der Waals surface area (Å²) in [6.45, 7) is 7.29. The molecule has 1 fully saturated rings. The van der Waals surface area contributed by atoms with Crippen LogP contribution < -0.4 is 20.3 Å². The monoisotopic (exact) mass is 445 g/mol. The van der Waals surface area contributed by atoms with Crippen molar-refractivity contribution in [3.05, 3.63) is 52.7 Å². The van der Waals surface area contributed by atoms with Gasteiger partial charge in [0.15, 0.2) is 5.96 Å². The van der Waals surface area contributed by atoms with E-state index in [4.69, 9.17) is 21.1 Å². The number of ether oxygens (including phenoxy) is 2. The molecule has 0 spiro atoms. The van der Waals surface area contributed by atoms with E-state index in [1.54, 1.807) is 14.2 Å². The Hall–Kier alpha value is -2.51. The summed E-state index contributed by atoms with van der Waals surface area (Å²) in [6, 6.07) is 9.92. The van der Waals surface area contributed by atoms with Crippen molar-refractivity contribution < 1.29 is 9.47 Å². The minimum atomic E-state index is 0.217. The molecule has 1 aromatic heterocycles. The molecule has 1 aliphatic rings. The number of rotatable bonds is 7. The summed E-state index contributed by atoms with van der Waals surface area (Å²) < 4.78 is 11.0. The average molecular weight is 446 g/mol. The zero-order valence-electron chi connectivity index (χ0n) is 18.7. The highest BCUT2D eigenvalue weighted by atomic mass is 35.5. The van der Waals surface area contributed by atoms with Gasteiger partial charge in [0, 0.05) is 44.4 Å². The van der Waals surface area contributed by atoms with E-state index in [0.29, 0.717) is 11.6 Å². The summed E-state index contributed by atoms with van der Waals surface area (Å²) in [5, 5.41) is 7.36. The van der Waals surface area contributed by atoms with Crippen LogP contribution in [0.4, 0.5) is 5.82 Å². The lowest BCUT2D eigenvalue weighted by atomic mass is 10.1. The fourth-order valence-corrected chi connectivity index (χ4v) is 3.92. The first kappa shape index (κ1) is 23.2. The molecule has 2 heterocycles. The third-order valence-corrected chi connectivity index (χ3v) is 5.54. The van der Waals surface area contributed by atoms with Crippen molar-refractivity contribution in [3.8, 4) is 5.75 Å². The smallest absolute Gasteiger partial charge is 0.191 e. The molecule has 0 aliphatic carbocycles. The summed E-state index contributed by atoms with van der Waals surface area (Å²) in [4.78, 5) is 11.2. The Morgan fingerprint density at radius 1 is 1.23 bits per heavy atom. The molecule has 1 aromatic carbocycles. The number of morpholine rings is 1. The first-order valence-corrected chi connectivity index (χ1v) is 11.0. The van der Waals surface area contributed by atoms with E-state index in [1.807, 2.05) is 24.4 Å². The summed E-state index contributed by atoms with van der Waals surface area (Å²) in [5.41, 5.74) is 2.16. The number of nitrogens with one attached hydrogen (secondary N) is 2. The molecule has 0 bridgehead atoms. The van der Waals surface area contributed by atoms with Crippen LogP contribution in [0.1, 0.15) is 25.0 Å². The standard InChI is InChI=1S/C23H32ClN5O2/c1-16-14-29(15-17(2)31-16)22-8-5-18(12-27-22)13-28-23(25-3)26-10-9-19-6-7-20(30-4)11-21(19)24/h5-8,11-12,16-17H,9-10,13-15H2,1-4H3,(H2,25,26,28). The van der Waals surface area contributed by atoms with Crippen molar-refractivity contribution in [1.82, 2.24) is 15.6 Å². The molecule has 2 unspecified atom stereocenters. The first-order valence-electron chi connectivity index (χ1n) is 10.6. The molecule has 8 heteroatoms. The number of guanidine groups is 1. The molecule has 1 saturated heterocycles. The number of pyridine rings is 1. The van der Waals surface area contributed by atoms with Gasteiger partial charge < -0.3 is 25.0 Å². The third kappa shape index (κ3) is 6.74. The minimum absolute atomic E-state index is 0.217. The predicted octanol–water partition coefficient (Wildman–Crippen LogP) is 3.26. The molecule has 0 radical (unpaired) electrons. The van der Waals surface area contributed by atoms with E-state index in [0.717, 1.165) is 54.7 Å². The van der Waals surface area contributed by atoms with Crippen molar-refractivity contribution in [3.63, 3.8) is 0 Å². The largest absolute Gasteiger partial charge is 0.497 e. The van der Waals surface area contributed by atoms with Gasteiger partial charge in [0.1, 0.15) is 11.6 Å². The van der Waals surface area contributed by atoms with E-state index in [2.05, 4.69) is 51.5 Å². The van der Waals surface area contributed by atoms with Crippen LogP contribution in [0.5, 0.6) is 5.75 Å². The zero-order chi connectivity index (χ0) is 22.2. The topological polar surface area (TPSA) is 71.0 Å². The van der Waals surface area contributed by atoms with Crippen LogP contribution in [0, 0.1) is 0 Å². The van der Waals surface area contributed by atoms with Crippen LogP contribution in [0.2, 0.25) is 5.02 Å². The SMILES string of the molecule is CN=C(NCCc1ccc(OC)cc1Cl)NCc1ccc(N2CC(C)OC(C)C2)nc1. The Balaban J connectivity index is 1.46. The summed E-state index contributed by atoms with van der Waals surface area (Å²) >= 11 is 6.31. The normalized spacial score (nSPS) is 19.3. The number of halogens is 1. The van der Waals surface area contributed by atoms with Gasteiger partial charge in [-0.25, -0.2) is 4.98 Å². The van der Waals surface area contributed by atoms with Crippen molar-refractivity contribution in [2.24, 2.45) is 4.99 Å². The van der Waals surface area contributed by atoms with Crippen LogP contribution in [0.15, 0.2) is 41.5 Å². The highest BCUT2D eigenvalue weighted by Crippen LogP contribution is 2.22. The first-order chi connectivity index (χ1) is 15.0. The molecule has 168 valence electrons. The number of aliphatic imine (C=N–C) groups is 1. The van der Waals surface area contributed by atoms with Crippen LogP contribution >= 0.6 is 11.6 Å². The lowest BCUT2D eigenvalue weighted by Crippen LogP contribution is -2.45. The number of benzene rings is 1. The summed E-state index contributed by atoms with van der Waals surface area (Å²) in [7, 11) is 3.40. The van der Waals surface area contributed by atoms with Crippen molar-refractivity contribution in [2.75, 3.05) is 38.7 Å². The molecule has 2 N–H and O–H groups in total. The molecule has 0 saturated carbocycles. The van der Waals surface area contributed by atoms with Gasteiger partial charge >= 0.3 is 0 Å². The van der Waals surface area contributed by atoms with Gasteiger partial charge in [-0.05, 0) is 49.6 Å². The van der Waals surface area contributed by atoms with Crippen LogP contribution in [0.3, 0.4) is 0 Å². The number of methoxy groups -OCH3 is 1. The van der Waals surface area contributed by atoms with E-state index in [-0.39, 0.29) is 12.2 Å². The number of aromatic nitrogens is 1. The van der Waals surface area contributed by atoms with Gasteiger partial charge in [0.05, 0.1) is 19.3 Å². The van der Waals surface area contributed by atoms with Gasteiger partial charge in [-0.2, -0.15) is 0 Å². The van der Waals surface area contributed by atoms with Crippen LogP contribution in [0.25, 0.3) is 0 Å². The van der Waals surface area contributed by atoms with Gasteiger partial charge in [-0.15, -0.1) is 0 Å². The number of hydrogen-bond donors (Lipinski definition) is 2. The maximum atomic E-state index is 6.31. The lowest BCUT2D eigenvalue weighted by Gasteiger charge is -2.36. The number of hydrogen-bond acceptors (Lipinski definition) is 5. The molecule has 2 atom stereocenters. The predicted molar refractivity (Wildman–Crippen MR) is 126 cm³/mol. The molecule has 3 rings (SSSR count). The fourth-order valence-electron chi connectivity index (χ4n) is 3.65. The van der Waals surface area contributed by atoms with Crippen LogP contribution in [-0.2, 0) is 17.7 Å². The van der Waals surface area contributed by atoms with Crippen molar-refractivity contribution >= 4 is 23.4 Å². The van der Waals surface area contributed by atoms with Crippen molar-refractivity contribution in [2.45, 2.75) is 39.0 Å². The quantitative estimate of drug-likeness (QED) is 0.503. The highest BCUT2D eigenvalue weighted by Gasteiger charge is 2.22. The average Bonchev–Trinajstić information content (AvgIpc) is 2.76. The third-order valence-electron chi connectivity index (χ3n) is 5.18. The lowest BCUT2D eigenvalue weighted by molar-refractivity contribution is -0.00545. The van der Waals surface area contributed by atoms with Gasteiger partial charge in [0.2, 0.25) is 0 Å². The highest BCUT2D eigenvalue weighted by molar-refractivity contribution is 6.31. The maximum absolute atomic E-state index is 6.31. The number of nitrogens with zero attached hydrogens (tertiary/aromatic N) is 3.